The van der Waals surface area contributed by atoms with Crippen molar-refractivity contribution >= 4 is 31.3 Å². The summed E-state index contributed by atoms with van der Waals surface area (Å²) in [4.78, 5) is 74.2. The number of nitrogens with zero attached hydrogens (tertiary/aromatic N) is 1. The number of pyridine rings is 1. The third-order valence-electron chi connectivity index (χ3n) is 18.8. The number of halogens is 1. The van der Waals surface area contributed by atoms with Crippen molar-refractivity contribution in [3.05, 3.63) is 119 Å². The summed E-state index contributed by atoms with van der Waals surface area (Å²) in [5, 5.41) is 29.5. The number of rotatable bonds is 27. The van der Waals surface area contributed by atoms with Gasteiger partial charge in [0.25, 0.3) is 5.91 Å². The second-order valence-electron chi connectivity index (χ2n) is 24.2. The molecule has 4 saturated carbocycles. The van der Waals surface area contributed by atoms with E-state index in [2.05, 4.69) is 48.7 Å². The number of phosphoric acid groups is 1. The summed E-state index contributed by atoms with van der Waals surface area (Å²) < 4.78 is 44.2. The number of fused-ring (bicyclic) bond motifs is 7. The lowest BCUT2D eigenvalue weighted by Crippen LogP contribution is -3.00. The fraction of sp³-hybridized carbons (Fsp3) is 0.603. The van der Waals surface area contributed by atoms with Crippen LogP contribution in [0.1, 0.15) is 150 Å². The Hall–Kier alpha value is -4.65. The standard InChI is InChI=1S/C63H84N3O14P.ClH/c1-42(59(72)77-41-55(70)63-56(78-60(79-63)44-20-10-7-11-21-44)35-51-50-25-24-48-34-49(67)27-28-61(48,2)57(50)52(68)36-62(51,63)3)37-65-58(71)46-22-16-30-66(39-46)40-47-33-45(23-26-54(47)80-81(73,74)75)53(69)38-64-29-13-4-5-14-31-76-32-15-12-19-43-17-8-6-9-18-43;/h6,8-9,16-18,22-23,26-28,30,33-34,39,42,44,50-53,56-57,60,64,68-69H,4-5,7,10-15,19-21,24-25,29,31-32,35-38,40-41H2,1-3H3,(H2-,65,71,73,74,75);1H/t42?,50?,51?,52-,53?,56-,57?,60+,61-,62-,63+;/m0./s1. The number of aliphatic hydroxyl groups is 2. The molecule has 11 atom stereocenters. The van der Waals surface area contributed by atoms with Crippen LogP contribution in [0.15, 0.2) is 96.9 Å². The molecular formula is C63H85ClN3O14P. The van der Waals surface area contributed by atoms with Crippen LogP contribution in [0.3, 0.4) is 0 Å². The molecule has 1 saturated heterocycles. The van der Waals surface area contributed by atoms with Crippen molar-refractivity contribution in [3.8, 4) is 5.75 Å². The van der Waals surface area contributed by atoms with Crippen LogP contribution in [0.2, 0.25) is 0 Å². The number of aliphatic hydroxyl groups excluding tert-OH is 2. The summed E-state index contributed by atoms with van der Waals surface area (Å²) in [6.45, 7) is 7.60. The van der Waals surface area contributed by atoms with Gasteiger partial charge in [-0.3, -0.25) is 29.0 Å². The quantitative estimate of drug-likeness (QED) is 0.0251. The highest BCUT2D eigenvalue weighted by atomic mass is 35.5. The van der Waals surface area contributed by atoms with Gasteiger partial charge >= 0.3 is 13.8 Å². The molecule has 9 rings (SSSR count). The maximum atomic E-state index is 15.0. The second-order valence-corrected chi connectivity index (χ2v) is 25.4. The molecule has 6 aliphatic rings. The van der Waals surface area contributed by atoms with Crippen LogP contribution in [0.5, 0.6) is 5.75 Å². The predicted octanol–water partition coefficient (Wildman–Crippen LogP) is 5.15. The van der Waals surface area contributed by atoms with E-state index in [1.54, 1.807) is 60.3 Å². The minimum atomic E-state index is -4.96. The summed E-state index contributed by atoms with van der Waals surface area (Å²) in [6, 6.07) is 18.3. The number of hydrogen-bond acceptors (Lipinski definition) is 13. The van der Waals surface area contributed by atoms with Gasteiger partial charge in [0.1, 0.15) is 11.3 Å². The van der Waals surface area contributed by atoms with Crippen LogP contribution in [0.4, 0.5) is 0 Å². The van der Waals surface area contributed by atoms with Gasteiger partial charge in [0.15, 0.2) is 43.2 Å². The highest BCUT2D eigenvalue weighted by Crippen LogP contribution is 2.70. The number of allylic oxidation sites excluding steroid dienone is 4. The summed E-state index contributed by atoms with van der Waals surface area (Å²) >= 11 is 0. The van der Waals surface area contributed by atoms with Crippen LogP contribution in [-0.4, -0.2) is 107 Å². The van der Waals surface area contributed by atoms with E-state index >= 15 is 4.79 Å². The van der Waals surface area contributed by atoms with Crippen LogP contribution < -0.4 is 32.1 Å². The number of phosphoric ester groups is 1. The van der Waals surface area contributed by atoms with E-state index in [9.17, 15) is 38.9 Å². The number of ether oxygens (including phenoxy) is 4. The number of aryl methyl sites for hydroxylation is 1. The second kappa shape index (κ2) is 28.0. The fourth-order valence-electron chi connectivity index (χ4n) is 14.6. The van der Waals surface area contributed by atoms with Gasteiger partial charge in [-0.05, 0) is 130 Å². The smallest absolute Gasteiger partial charge is 0.524 e. The van der Waals surface area contributed by atoms with Gasteiger partial charge in [-0.15, -0.1) is 0 Å². The molecule has 5 fully saturated rings. The van der Waals surface area contributed by atoms with Crippen molar-refractivity contribution in [1.29, 1.82) is 0 Å². The normalized spacial score (nSPS) is 28.3. The van der Waals surface area contributed by atoms with Crippen molar-refractivity contribution in [1.82, 2.24) is 10.6 Å². The number of hydrogen-bond donors (Lipinski definition) is 6. The van der Waals surface area contributed by atoms with Crippen molar-refractivity contribution in [3.63, 3.8) is 0 Å². The van der Waals surface area contributed by atoms with Crippen LogP contribution in [0.25, 0.3) is 0 Å². The molecule has 3 aromatic rings. The zero-order valence-electron chi connectivity index (χ0n) is 47.8. The number of carbonyl (C=O) groups is 4. The lowest BCUT2D eigenvalue weighted by atomic mass is 9.46. The molecule has 0 bridgehead atoms. The molecule has 0 spiro atoms. The van der Waals surface area contributed by atoms with Gasteiger partial charge in [0, 0.05) is 55.0 Å². The summed E-state index contributed by atoms with van der Waals surface area (Å²) in [6.07, 6.45) is 20.3. The molecule has 17 nitrogen and oxygen atoms in total. The number of unbranched alkanes of at least 4 members (excludes halogenated alkanes) is 4. The van der Waals surface area contributed by atoms with Gasteiger partial charge in [0.2, 0.25) is 5.78 Å². The number of nitrogens with one attached hydrogen (secondary N) is 2. The van der Waals surface area contributed by atoms with Gasteiger partial charge in [-0.25, -0.2) is 4.57 Å². The average molecular weight is 1170 g/mol. The molecule has 448 valence electrons. The van der Waals surface area contributed by atoms with E-state index in [-0.39, 0.29) is 79.2 Å². The summed E-state index contributed by atoms with van der Waals surface area (Å²) in [7, 11) is -4.96. The van der Waals surface area contributed by atoms with Gasteiger partial charge in [-0.2, -0.15) is 4.57 Å². The van der Waals surface area contributed by atoms with E-state index in [1.807, 2.05) is 12.1 Å². The van der Waals surface area contributed by atoms with Gasteiger partial charge in [0.05, 0.1) is 29.8 Å². The topological polar surface area (TPSA) is 240 Å². The van der Waals surface area contributed by atoms with Crippen molar-refractivity contribution in [2.24, 2.45) is 40.4 Å². The van der Waals surface area contributed by atoms with E-state index in [0.29, 0.717) is 30.5 Å². The number of ketones is 2. The lowest BCUT2D eigenvalue weighted by Gasteiger charge is -2.59. The molecule has 19 heteroatoms. The van der Waals surface area contributed by atoms with E-state index in [0.717, 1.165) is 102 Å². The number of Topliss-reactive ketones (excluding diaryl/α,β-unsaturated/α-hetero) is 1. The van der Waals surface area contributed by atoms with Crippen LogP contribution >= 0.6 is 7.82 Å². The SMILES string of the molecule is CC(CNC(=O)c1ccc[n+](Cc2cc(C(O)CNCCCCCCOCCCCc3ccccc3)ccc2OP(=O)(O)O)c1)C(=O)OCC(=O)[C@@]12O[C@H](C3CCCCC3)O[C@H]1CC1C3CCC4=CC(=O)C=C[C@]4(C)C3[C@@H](O)C[C@@]12C.[Cl-]. The Kier molecular flexibility index (Phi) is 21.7. The molecule has 6 N–H and O–H groups in total. The molecule has 0 radical (unpaired) electrons. The van der Waals surface area contributed by atoms with Crippen molar-refractivity contribution in [2.45, 2.75) is 160 Å². The number of aromatic nitrogens is 1. The molecule has 1 amide bonds. The molecule has 1 aromatic heterocycles. The third kappa shape index (κ3) is 14.5. The molecule has 2 aromatic carbocycles. The van der Waals surface area contributed by atoms with Gasteiger partial charge < -0.3 is 56.7 Å². The van der Waals surface area contributed by atoms with Crippen molar-refractivity contribution in [2.75, 3.05) is 39.5 Å². The minimum Gasteiger partial charge on any atom is -1.00 e. The maximum Gasteiger partial charge on any atom is 0.524 e. The number of amides is 1. The minimum absolute atomic E-state index is 0. The third-order valence-corrected chi connectivity index (χ3v) is 19.2. The molecule has 5 unspecified atom stereocenters. The maximum absolute atomic E-state index is 15.0. The Bertz CT molecular complexity index is 2810. The molecular weight excluding hydrogens is 1090 g/mol. The molecule has 2 heterocycles. The first-order chi connectivity index (χ1) is 38.9. The zero-order valence-corrected chi connectivity index (χ0v) is 49.4. The molecule has 1 aliphatic heterocycles. The van der Waals surface area contributed by atoms with Crippen LogP contribution in [0, 0.1) is 40.4 Å². The number of benzene rings is 2. The first kappa shape index (κ1) is 63.4. The fourth-order valence-corrected chi connectivity index (χ4v) is 15.0. The Morgan fingerprint density at radius 3 is 2.45 bits per heavy atom. The number of esters is 1. The molecule has 5 aliphatic carbocycles. The van der Waals surface area contributed by atoms with Gasteiger partial charge in [-0.1, -0.05) is 101 Å². The van der Waals surface area contributed by atoms with E-state index in [1.165, 1.54) is 11.6 Å². The monoisotopic (exact) mass is 1170 g/mol. The lowest BCUT2D eigenvalue weighted by molar-refractivity contribution is -0.688. The Balaban J connectivity index is 0.00000880. The highest BCUT2D eigenvalue weighted by Gasteiger charge is 2.76. The highest BCUT2D eigenvalue weighted by molar-refractivity contribution is 7.46. The first-order valence-corrected chi connectivity index (χ1v) is 31.2. The van der Waals surface area contributed by atoms with Crippen LogP contribution in [-0.2, 0) is 50.9 Å². The largest absolute Gasteiger partial charge is 1.00 e. The first-order valence-electron chi connectivity index (χ1n) is 29.7. The number of carbonyl (C=O) groups excluding carboxylic acids is 4. The van der Waals surface area contributed by atoms with Crippen molar-refractivity contribution < 1.29 is 84.2 Å². The predicted molar refractivity (Wildman–Crippen MR) is 301 cm³/mol. The Morgan fingerprint density at radius 2 is 1.68 bits per heavy atom. The Morgan fingerprint density at radius 1 is 0.927 bits per heavy atom. The summed E-state index contributed by atoms with van der Waals surface area (Å²) in [5.74, 6) is -2.58. The van der Waals surface area contributed by atoms with E-state index < -0.39 is 79.0 Å². The molecule has 82 heavy (non-hydrogen) atoms. The van der Waals surface area contributed by atoms with E-state index in [4.69, 9.17) is 23.5 Å². The summed E-state index contributed by atoms with van der Waals surface area (Å²) in [5.41, 5.74) is 0.710. The average Bonchev–Trinajstić information content (AvgIpc) is 1.70. The Labute approximate surface area is 489 Å². The zero-order chi connectivity index (χ0) is 57.4.